The quantitative estimate of drug-likeness (QED) is 0.712. The van der Waals surface area contributed by atoms with Gasteiger partial charge in [0.05, 0.1) is 12.3 Å². The van der Waals surface area contributed by atoms with Crippen LogP contribution in [-0.4, -0.2) is 36.6 Å². The topological polar surface area (TPSA) is 125 Å². The molecule has 0 saturated heterocycles. The molecule has 0 saturated carbocycles. The van der Waals surface area contributed by atoms with E-state index in [9.17, 15) is 18.0 Å². The Bertz CT molecular complexity index is 859. The number of carboxylic acid groups (broad SMARTS) is 1. The maximum absolute atomic E-state index is 12.2. The highest BCUT2D eigenvalue weighted by Gasteiger charge is 2.17. The van der Waals surface area contributed by atoms with Crippen molar-refractivity contribution in [3.63, 3.8) is 0 Å². The fraction of sp³-hybridized carbons (Fsp3) is 0.214. The van der Waals surface area contributed by atoms with Gasteiger partial charge in [-0.3, -0.25) is 9.52 Å². The molecule has 0 radical (unpaired) electrons. The number of carbonyl (C=O) groups is 2. The molecule has 2 rings (SSSR count). The van der Waals surface area contributed by atoms with E-state index in [1.165, 1.54) is 29.6 Å². The third kappa shape index (κ3) is 4.77. The zero-order chi connectivity index (χ0) is 17.9. The first kappa shape index (κ1) is 17.9. The van der Waals surface area contributed by atoms with Gasteiger partial charge < -0.3 is 10.4 Å². The SMILES string of the molecule is CC(NC(=O)c1ccc(NS(C)(=O)=O)cc1)c1nc(C(=O)O)cs1. The van der Waals surface area contributed by atoms with E-state index in [-0.39, 0.29) is 11.6 Å². The lowest BCUT2D eigenvalue weighted by Gasteiger charge is -2.11. The molecular formula is C14H15N3O5S2. The molecule has 1 unspecified atom stereocenters. The maximum atomic E-state index is 12.2. The van der Waals surface area contributed by atoms with Crippen molar-refractivity contribution in [3.05, 3.63) is 45.9 Å². The summed E-state index contributed by atoms with van der Waals surface area (Å²) in [7, 11) is -3.38. The second-order valence-electron chi connectivity index (χ2n) is 5.02. The van der Waals surface area contributed by atoms with Crippen molar-refractivity contribution in [2.75, 3.05) is 11.0 Å². The van der Waals surface area contributed by atoms with E-state index < -0.39 is 22.0 Å². The predicted molar refractivity (Wildman–Crippen MR) is 89.9 cm³/mol. The van der Waals surface area contributed by atoms with E-state index >= 15 is 0 Å². The highest BCUT2D eigenvalue weighted by atomic mass is 32.2. The predicted octanol–water partition coefficient (Wildman–Crippen LogP) is 1.70. The number of aromatic nitrogens is 1. The van der Waals surface area contributed by atoms with Crippen molar-refractivity contribution in [2.45, 2.75) is 13.0 Å². The van der Waals surface area contributed by atoms with Crippen molar-refractivity contribution >= 4 is 38.9 Å². The Hall–Kier alpha value is -2.46. The number of hydrogen-bond donors (Lipinski definition) is 3. The van der Waals surface area contributed by atoms with E-state index in [2.05, 4.69) is 15.0 Å². The Kier molecular flexibility index (Phi) is 5.20. The molecule has 1 atom stereocenters. The molecule has 10 heteroatoms. The molecule has 3 N–H and O–H groups in total. The third-order valence-electron chi connectivity index (χ3n) is 2.91. The molecule has 128 valence electrons. The van der Waals surface area contributed by atoms with E-state index in [1.54, 1.807) is 6.92 Å². The normalized spacial score (nSPS) is 12.4. The number of thiazole rings is 1. The molecule has 1 amide bonds. The summed E-state index contributed by atoms with van der Waals surface area (Å²) in [4.78, 5) is 26.9. The van der Waals surface area contributed by atoms with Crippen LogP contribution in [0.4, 0.5) is 5.69 Å². The number of carboxylic acids is 1. The second-order valence-corrected chi connectivity index (χ2v) is 7.66. The van der Waals surface area contributed by atoms with Gasteiger partial charge in [-0.25, -0.2) is 18.2 Å². The minimum absolute atomic E-state index is 0.0627. The molecule has 0 spiro atoms. The van der Waals surface area contributed by atoms with Crippen molar-refractivity contribution in [1.29, 1.82) is 0 Å². The molecule has 24 heavy (non-hydrogen) atoms. The van der Waals surface area contributed by atoms with E-state index in [0.29, 0.717) is 16.3 Å². The Morgan fingerprint density at radius 3 is 2.38 bits per heavy atom. The minimum Gasteiger partial charge on any atom is -0.476 e. The first-order valence-corrected chi connectivity index (χ1v) is 9.50. The van der Waals surface area contributed by atoms with Crippen LogP contribution in [0.25, 0.3) is 0 Å². The number of nitrogens with one attached hydrogen (secondary N) is 2. The fourth-order valence-corrected chi connectivity index (χ4v) is 3.19. The second kappa shape index (κ2) is 6.97. The van der Waals surface area contributed by atoms with Crippen LogP contribution >= 0.6 is 11.3 Å². The first-order valence-electron chi connectivity index (χ1n) is 6.73. The van der Waals surface area contributed by atoms with Crippen LogP contribution in [0.3, 0.4) is 0 Å². The Labute approximate surface area is 142 Å². The number of sulfonamides is 1. The van der Waals surface area contributed by atoms with Crippen LogP contribution in [0, 0.1) is 0 Å². The Balaban J connectivity index is 2.04. The van der Waals surface area contributed by atoms with Gasteiger partial charge in [0.15, 0.2) is 5.69 Å². The van der Waals surface area contributed by atoms with E-state index in [4.69, 9.17) is 5.11 Å². The summed E-state index contributed by atoms with van der Waals surface area (Å²) in [6.07, 6.45) is 1.04. The fourth-order valence-electron chi connectivity index (χ4n) is 1.83. The average molecular weight is 369 g/mol. The summed E-state index contributed by atoms with van der Waals surface area (Å²) in [6, 6.07) is 5.48. The number of amides is 1. The molecule has 0 aliphatic rings. The van der Waals surface area contributed by atoms with Crippen LogP contribution in [0.15, 0.2) is 29.6 Å². The number of carbonyl (C=O) groups excluding carboxylic acids is 1. The summed E-state index contributed by atoms with van der Waals surface area (Å²) in [6.45, 7) is 1.70. The number of anilines is 1. The molecule has 1 aromatic carbocycles. The van der Waals surface area contributed by atoms with Gasteiger partial charge in [0.2, 0.25) is 10.0 Å². The Morgan fingerprint density at radius 1 is 1.25 bits per heavy atom. The summed E-state index contributed by atoms with van der Waals surface area (Å²) < 4.78 is 24.6. The molecular weight excluding hydrogens is 354 g/mol. The van der Waals surface area contributed by atoms with Gasteiger partial charge in [-0.15, -0.1) is 11.3 Å². The lowest BCUT2D eigenvalue weighted by molar-refractivity contribution is 0.0691. The number of nitrogens with zero attached hydrogens (tertiary/aromatic N) is 1. The van der Waals surface area contributed by atoms with Gasteiger partial charge in [-0.05, 0) is 31.2 Å². The van der Waals surface area contributed by atoms with Gasteiger partial charge >= 0.3 is 5.97 Å². The Morgan fingerprint density at radius 2 is 1.88 bits per heavy atom. The van der Waals surface area contributed by atoms with Crippen molar-refractivity contribution in [3.8, 4) is 0 Å². The van der Waals surface area contributed by atoms with Crippen LogP contribution < -0.4 is 10.0 Å². The van der Waals surface area contributed by atoms with Gasteiger partial charge in [0.1, 0.15) is 5.01 Å². The number of benzene rings is 1. The average Bonchev–Trinajstić information content (AvgIpc) is 2.96. The largest absolute Gasteiger partial charge is 0.476 e. The van der Waals surface area contributed by atoms with Crippen molar-refractivity contribution in [2.24, 2.45) is 0 Å². The highest BCUT2D eigenvalue weighted by Crippen LogP contribution is 2.19. The van der Waals surface area contributed by atoms with Crippen LogP contribution in [0.2, 0.25) is 0 Å². The maximum Gasteiger partial charge on any atom is 0.355 e. The molecule has 0 aliphatic carbocycles. The van der Waals surface area contributed by atoms with Gasteiger partial charge in [0.25, 0.3) is 5.91 Å². The first-order chi connectivity index (χ1) is 11.2. The summed E-state index contributed by atoms with van der Waals surface area (Å²) in [5, 5.41) is 13.5. The van der Waals surface area contributed by atoms with Crippen molar-refractivity contribution in [1.82, 2.24) is 10.3 Å². The van der Waals surface area contributed by atoms with E-state index in [1.807, 2.05) is 0 Å². The lowest BCUT2D eigenvalue weighted by Crippen LogP contribution is -2.26. The zero-order valence-corrected chi connectivity index (χ0v) is 14.4. The summed E-state index contributed by atoms with van der Waals surface area (Å²) in [5.74, 6) is -1.49. The number of hydrogen-bond acceptors (Lipinski definition) is 6. The van der Waals surface area contributed by atoms with Crippen molar-refractivity contribution < 1.29 is 23.1 Å². The van der Waals surface area contributed by atoms with E-state index in [0.717, 1.165) is 17.6 Å². The lowest BCUT2D eigenvalue weighted by atomic mass is 10.2. The summed E-state index contributed by atoms with van der Waals surface area (Å²) in [5.41, 5.74) is 0.635. The standard InChI is InChI=1S/C14H15N3O5S2/c1-8(13-16-11(7-23-13)14(19)20)15-12(18)9-3-5-10(6-4-9)17-24(2,21)22/h3-8,17H,1-2H3,(H,15,18)(H,19,20). The molecule has 8 nitrogen and oxygen atoms in total. The minimum atomic E-state index is -3.38. The van der Waals surface area contributed by atoms with Crippen LogP contribution in [0.1, 0.15) is 38.8 Å². The van der Waals surface area contributed by atoms with Gasteiger partial charge in [-0.1, -0.05) is 0 Å². The van der Waals surface area contributed by atoms with Crippen LogP contribution in [-0.2, 0) is 10.0 Å². The monoisotopic (exact) mass is 369 g/mol. The molecule has 1 aromatic heterocycles. The molecule has 0 bridgehead atoms. The molecule has 0 fully saturated rings. The number of rotatable bonds is 6. The van der Waals surface area contributed by atoms with Gasteiger partial charge in [-0.2, -0.15) is 0 Å². The molecule has 2 aromatic rings. The van der Waals surface area contributed by atoms with Gasteiger partial charge in [0, 0.05) is 16.6 Å². The molecule has 0 aliphatic heterocycles. The molecule has 1 heterocycles. The number of aromatic carboxylic acids is 1. The smallest absolute Gasteiger partial charge is 0.355 e. The zero-order valence-electron chi connectivity index (χ0n) is 12.8. The summed E-state index contributed by atoms with van der Waals surface area (Å²) >= 11 is 1.15. The highest BCUT2D eigenvalue weighted by molar-refractivity contribution is 7.92. The third-order valence-corrected chi connectivity index (χ3v) is 4.54. The van der Waals surface area contributed by atoms with Crippen LogP contribution in [0.5, 0.6) is 0 Å².